The van der Waals surface area contributed by atoms with Crippen molar-refractivity contribution in [1.29, 1.82) is 0 Å². The zero-order chi connectivity index (χ0) is 28.1. The van der Waals surface area contributed by atoms with E-state index in [0.29, 0.717) is 77.5 Å². The molecule has 0 spiro atoms. The highest BCUT2D eigenvalue weighted by molar-refractivity contribution is 6.42. The number of halogens is 2. The number of unbranched alkanes of at least 4 members (excludes halogenated alkanes) is 1. The minimum absolute atomic E-state index is 0.221. The van der Waals surface area contributed by atoms with Gasteiger partial charge in [-0.2, -0.15) is 0 Å². The molecule has 0 atom stereocenters. The molecule has 1 fully saturated rings. The number of hydrogen-bond acceptors (Lipinski definition) is 7. The highest BCUT2D eigenvalue weighted by Crippen LogP contribution is 2.44. The Morgan fingerprint density at radius 2 is 1.79 bits per heavy atom. The third kappa shape index (κ3) is 6.19. The molecule has 0 radical (unpaired) electrons. The molecular weight excluding hydrogens is 541 g/mol. The van der Waals surface area contributed by atoms with Gasteiger partial charge in [-0.3, -0.25) is 9.69 Å². The molecule has 4 rings (SSSR count). The van der Waals surface area contributed by atoms with E-state index in [4.69, 9.17) is 32.7 Å². The van der Waals surface area contributed by atoms with Crippen LogP contribution in [0.5, 0.6) is 23.1 Å². The van der Waals surface area contributed by atoms with Crippen LogP contribution in [-0.2, 0) is 13.0 Å². The van der Waals surface area contributed by atoms with Crippen molar-refractivity contribution in [3.8, 4) is 34.3 Å². The monoisotopic (exact) mass is 573 g/mol. The summed E-state index contributed by atoms with van der Waals surface area (Å²) in [6.45, 7) is 4.65. The molecular formula is C29H33Cl2N3O5. The minimum Gasteiger partial charge on any atom is -0.506 e. The molecule has 1 aromatic heterocycles. The van der Waals surface area contributed by atoms with Gasteiger partial charge in [-0.25, -0.2) is 4.98 Å². The summed E-state index contributed by atoms with van der Waals surface area (Å²) in [6.07, 6.45) is 2.19. The summed E-state index contributed by atoms with van der Waals surface area (Å²) in [5, 5.41) is 23.4. The zero-order valence-electron chi connectivity index (χ0n) is 22.3. The van der Waals surface area contributed by atoms with Crippen molar-refractivity contribution in [3.05, 3.63) is 63.3 Å². The smallest absolute Gasteiger partial charge is 0.263 e. The second kappa shape index (κ2) is 12.8. The van der Waals surface area contributed by atoms with Crippen LogP contribution in [0.15, 0.2) is 36.4 Å². The van der Waals surface area contributed by atoms with Crippen LogP contribution in [0, 0.1) is 0 Å². The Labute approximate surface area is 238 Å². The van der Waals surface area contributed by atoms with Gasteiger partial charge in [-0.1, -0.05) is 48.7 Å². The fraction of sp³-hybridized carbons (Fsp3) is 0.379. The van der Waals surface area contributed by atoms with E-state index in [1.54, 1.807) is 36.3 Å². The number of carbonyl (C=O) groups excluding carboxylic acids is 1. The van der Waals surface area contributed by atoms with Gasteiger partial charge in [0, 0.05) is 38.3 Å². The summed E-state index contributed by atoms with van der Waals surface area (Å²) < 4.78 is 11.0. The van der Waals surface area contributed by atoms with Crippen LogP contribution in [0.3, 0.4) is 0 Å². The van der Waals surface area contributed by atoms with Crippen LogP contribution in [0.2, 0.25) is 10.0 Å². The molecule has 1 amide bonds. The Morgan fingerprint density at radius 3 is 2.46 bits per heavy atom. The molecule has 0 saturated carbocycles. The van der Waals surface area contributed by atoms with Gasteiger partial charge in [0.2, 0.25) is 5.88 Å². The molecule has 2 aromatic carbocycles. The number of piperazine rings is 1. The van der Waals surface area contributed by atoms with E-state index in [2.05, 4.69) is 9.88 Å². The second-order valence-electron chi connectivity index (χ2n) is 9.43. The largest absolute Gasteiger partial charge is 0.506 e. The maximum Gasteiger partial charge on any atom is 0.263 e. The Kier molecular flexibility index (Phi) is 9.43. The van der Waals surface area contributed by atoms with Crippen LogP contribution in [0.25, 0.3) is 11.1 Å². The summed E-state index contributed by atoms with van der Waals surface area (Å²) in [5.41, 5.74) is 2.07. The number of pyridine rings is 1. The topological polar surface area (TPSA) is 95.4 Å². The SMILES string of the molecule is CCCCc1nc(O)c(C(=O)N2CCN(Cc3cccc(Cl)c3Cl)CC2)c(O)c1-c1cc(OC)ccc1OC. The number of benzene rings is 2. The van der Waals surface area contributed by atoms with Crippen molar-refractivity contribution in [2.24, 2.45) is 0 Å². The van der Waals surface area contributed by atoms with E-state index < -0.39 is 11.8 Å². The highest BCUT2D eigenvalue weighted by atomic mass is 35.5. The highest BCUT2D eigenvalue weighted by Gasteiger charge is 2.31. The molecule has 1 aliphatic rings. The van der Waals surface area contributed by atoms with Crippen molar-refractivity contribution in [2.45, 2.75) is 32.7 Å². The van der Waals surface area contributed by atoms with E-state index in [0.717, 1.165) is 18.4 Å². The van der Waals surface area contributed by atoms with Crippen molar-refractivity contribution in [3.63, 3.8) is 0 Å². The summed E-state index contributed by atoms with van der Waals surface area (Å²) >= 11 is 12.5. The third-order valence-electron chi connectivity index (χ3n) is 6.97. The van der Waals surface area contributed by atoms with Gasteiger partial charge in [0.15, 0.2) is 0 Å². The average Bonchev–Trinajstić information content (AvgIpc) is 2.94. The lowest BCUT2D eigenvalue weighted by molar-refractivity contribution is 0.0622. The number of ether oxygens (including phenoxy) is 2. The van der Waals surface area contributed by atoms with E-state index in [-0.39, 0.29) is 11.3 Å². The summed E-state index contributed by atoms with van der Waals surface area (Å²) in [4.78, 5) is 21.8. The summed E-state index contributed by atoms with van der Waals surface area (Å²) in [5.74, 6) is -0.240. The number of methoxy groups -OCH3 is 2. The Morgan fingerprint density at radius 1 is 1.05 bits per heavy atom. The van der Waals surface area contributed by atoms with Gasteiger partial charge in [0.05, 0.1) is 35.5 Å². The molecule has 1 saturated heterocycles. The maximum atomic E-state index is 13.6. The van der Waals surface area contributed by atoms with Gasteiger partial charge in [0.1, 0.15) is 22.8 Å². The Balaban J connectivity index is 1.64. The predicted octanol–water partition coefficient (Wildman–Crippen LogP) is 5.78. The lowest BCUT2D eigenvalue weighted by Crippen LogP contribution is -2.48. The number of carbonyl (C=O) groups is 1. The molecule has 8 nitrogen and oxygen atoms in total. The molecule has 10 heteroatoms. The number of rotatable bonds is 9. The van der Waals surface area contributed by atoms with Gasteiger partial charge in [-0.15, -0.1) is 0 Å². The Bertz CT molecular complexity index is 1340. The first-order valence-corrected chi connectivity index (χ1v) is 13.7. The van der Waals surface area contributed by atoms with Gasteiger partial charge >= 0.3 is 0 Å². The predicted molar refractivity (Wildman–Crippen MR) is 152 cm³/mol. The molecule has 208 valence electrons. The standard InChI is InChI=1S/C29H33Cl2N3O5/c1-4-5-9-22-24(20-16-19(38-2)10-11-23(20)39-3)27(35)25(28(36)32-22)29(37)34-14-12-33(13-15-34)17-18-7-6-8-21(30)26(18)31/h6-8,10-11,16H,4-5,9,12-15,17H2,1-3H3,(H2,32,35,36). The van der Waals surface area contributed by atoms with Gasteiger partial charge < -0.3 is 24.6 Å². The second-order valence-corrected chi connectivity index (χ2v) is 10.2. The van der Waals surface area contributed by atoms with E-state index in [9.17, 15) is 15.0 Å². The number of nitrogens with zero attached hydrogens (tertiary/aromatic N) is 3. The van der Waals surface area contributed by atoms with Crippen molar-refractivity contribution in [2.75, 3.05) is 40.4 Å². The first-order chi connectivity index (χ1) is 18.8. The first kappa shape index (κ1) is 28.8. The van der Waals surface area contributed by atoms with Gasteiger partial charge in [0.25, 0.3) is 5.91 Å². The minimum atomic E-state index is -0.484. The number of amides is 1. The third-order valence-corrected chi connectivity index (χ3v) is 7.83. The summed E-state index contributed by atoms with van der Waals surface area (Å²) in [6, 6.07) is 10.8. The van der Waals surface area contributed by atoms with Crippen LogP contribution < -0.4 is 9.47 Å². The zero-order valence-corrected chi connectivity index (χ0v) is 23.8. The van der Waals surface area contributed by atoms with Crippen LogP contribution in [0.1, 0.15) is 41.4 Å². The van der Waals surface area contributed by atoms with Crippen LogP contribution in [-0.4, -0.2) is 71.3 Å². The van der Waals surface area contributed by atoms with E-state index >= 15 is 0 Å². The van der Waals surface area contributed by atoms with Crippen LogP contribution >= 0.6 is 23.2 Å². The lowest BCUT2D eigenvalue weighted by atomic mass is 9.96. The van der Waals surface area contributed by atoms with Crippen molar-refractivity contribution in [1.82, 2.24) is 14.8 Å². The van der Waals surface area contributed by atoms with E-state index in [1.165, 1.54) is 7.11 Å². The number of aromatic hydroxyl groups is 2. The molecule has 39 heavy (non-hydrogen) atoms. The molecule has 2 heterocycles. The number of hydrogen-bond donors (Lipinski definition) is 2. The normalized spacial score (nSPS) is 13.9. The molecule has 2 N–H and O–H groups in total. The van der Waals surface area contributed by atoms with Crippen molar-refractivity contribution >= 4 is 29.1 Å². The van der Waals surface area contributed by atoms with Gasteiger partial charge in [-0.05, 0) is 42.7 Å². The quantitative estimate of drug-likeness (QED) is 0.334. The van der Waals surface area contributed by atoms with E-state index in [1.807, 2.05) is 19.1 Å². The molecule has 3 aromatic rings. The lowest BCUT2D eigenvalue weighted by Gasteiger charge is -2.35. The first-order valence-electron chi connectivity index (χ1n) is 12.9. The number of aromatic nitrogens is 1. The summed E-state index contributed by atoms with van der Waals surface area (Å²) in [7, 11) is 3.08. The molecule has 1 aliphatic heterocycles. The fourth-order valence-electron chi connectivity index (χ4n) is 4.80. The molecule has 0 aliphatic carbocycles. The van der Waals surface area contributed by atoms with Crippen molar-refractivity contribution < 1.29 is 24.5 Å². The number of aryl methyl sites for hydroxylation is 1. The average molecular weight is 575 g/mol. The fourth-order valence-corrected chi connectivity index (χ4v) is 5.18. The van der Waals surface area contributed by atoms with Crippen LogP contribution in [0.4, 0.5) is 0 Å². The maximum absolute atomic E-state index is 13.6. The molecule has 0 bridgehead atoms. The molecule has 0 unspecified atom stereocenters. The Hall–Kier alpha value is -3.20.